The van der Waals surface area contributed by atoms with Crippen molar-refractivity contribution in [2.24, 2.45) is 5.41 Å². The lowest BCUT2D eigenvalue weighted by molar-refractivity contribution is -0.137. The maximum absolute atomic E-state index is 14.8. The van der Waals surface area contributed by atoms with Gasteiger partial charge in [-0.3, -0.25) is 4.79 Å². The van der Waals surface area contributed by atoms with Crippen molar-refractivity contribution >= 4 is 5.97 Å². The number of halogens is 2. The van der Waals surface area contributed by atoms with Crippen LogP contribution in [0.3, 0.4) is 0 Å². The number of carbonyl (C=O) groups is 1. The Morgan fingerprint density at radius 3 is 2.53 bits per heavy atom. The van der Waals surface area contributed by atoms with Crippen LogP contribution in [-0.4, -0.2) is 28.0 Å². The molecule has 9 heteroatoms. The monoisotopic (exact) mass is 502 g/mol. The molecule has 1 N–H and O–H groups in total. The zero-order valence-corrected chi connectivity index (χ0v) is 20.8. The smallest absolute Gasteiger partial charge is 0.312 e. The lowest BCUT2D eigenvalue weighted by Crippen LogP contribution is -2.30. The number of aromatic nitrogens is 2. The Morgan fingerprint density at radius 2 is 1.89 bits per heavy atom. The second-order valence-electron chi connectivity index (χ2n) is 10.5. The van der Waals surface area contributed by atoms with Gasteiger partial charge in [-0.15, -0.1) is 0 Å². The first-order valence-corrected chi connectivity index (χ1v) is 12.3. The van der Waals surface area contributed by atoms with Gasteiger partial charge in [0.05, 0.1) is 13.0 Å². The molecule has 1 aliphatic carbocycles. The first-order chi connectivity index (χ1) is 17.1. The van der Waals surface area contributed by atoms with Crippen LogP contribution in [0.15, 0.2) is 45.4 Å². The van der Waals surface area contributed by atoms with E-state index in [-0.39, 0.29) is 18.0 Å². The summed E-state index contributed by atoms with van der Waals surface area (Å²) < 4.78 is 46.1. The number of hydrogen-bond acceptors (Lipinski definition) is 6. The van der Waals surface area contributed by atoms with Gasteiger partial charge in [0.15, 0.2) is 0 Å². The van der Waals surface area contributed by atoms with Crippen LogP contribution in [0, 0.1) is 5.41 Å². The van der Waals surface area contributed by atoms with Crippen LogP contribution >= 0.6 is 0 Å². The summed E-state index contributed by atoms with van der Waals surface area (Å²) in [7, 11) is 0. The molecule has 0 spiro atoms. The maximum atomic E-state index is 14.8. The molecule has 1 saturated carbocycles. The van der Waals surface area contributed by atoms with Crippen LogP contribution in [0.2, 0.25) is 0 Å². The fourth-order valence-corrected chi connectivity index (χ4v) is 4.19. The number of alkyl halides is 2. The SMILES string of the molecule is CC(C)(C)C(F)(F)c1cc(-c2noc([C@@H](CCCOCc3ccccc3)CC(=O)O)c2C2CC2)no1. The van der Waals surface area contributed by atoms with Crippen LogP contribution in [0.25, 0.3) is 11.4 Å². The highest BCUT2D eigenvalue weighted by Gasteiger charge is 2.48. The summed E-state index contributed by atoms with van der Waals surface area (Å²) in [5, 5.41) is 17.6. The zero-order chi connectivity index (χ0) is 25.9. The molecule has 2 heterocycles. The Kier molecular flexibility index (Phi) is 7.59. The summed E-state index contributed by atoms with van der Waals surface area (Å²) in [5.74, 6) is -4.49. The minimum Gasteiger partial charge on any atom is -0.481 e. The van der Waals surface area contributed by atoms with E-state index >= 15 is 0 Å². The van der Waals surface area contributed by atoms with E-state index in [2.05, 4.69) is 10.3 Å². The van der Waals surface area contributed by atoms with E-state index in [1.807, 2.05) is 30.3 Å². The van der Waals surface area contributed by atoms with E-state index in [0.717, 1.165) is 24.0 Å². The van der Waals surface area contributed by atoms with Crippen molar-refractivity contribution < 1.29 is 32.5 Å². The van der Waals surface area contributed by atoms with Crippen molar-refractivity contribution in [3.05, 3.63) is 59.0 Å². The molecule has 4 rings (SSSR count). The molecule has 0 aliphatic heterocycles. The number of aliphatic carboxylic acids is 1. The topological polar surface area (TPSA) is 98.6 Å². The molecule has 1 fully saturated rings. The van der Waals surface area contributed by atoms with Crippen molar-refractivity contribution in [2.45, 2.75) is 77.2 Å². The highest BCUT2D eigenvalue weighted by molar-refractivity contribution is 5.69. The summed E-state index contributed by atoms with van der Waals surface area (Å²) in [6, 6.07) is 11.0. The molecule has 36 heavy (non-hydrogen) atoms. The Balaban J connectivity index is 1.51. The number of rotatable bonds is 12. The molecule has 1 aromatic carbocycles. The Hall–Kier alpha value is -3.07. The molecule has 2 aromatic heterocycles. The van der Waals surface area contributed by atoms with Gasteiger partial charge in [-0.1, -0.05) is 61.4 Å². The molecule has 0 amide bonds. The Labute approximate surface area is 208 Å². The minimum absolute atomic E-state index is 0.126. The van der Waals surface area contributed by atoms with Crippen LogP contribution in [0.1, 0.15) is 87.4 Å². The van der Waals surface area contributed by atoms with Crippen molar-refractivity contribution in [2.75, 3.05) is 6.61 Å². The lowest BCUT2D eigenvalue weighted by atomic mass is 9.86. The van der Waals surface area contributed by atoms with Gasteiger partial charge < -0.3 is 18.9 Å². The highest BCUT2D eigenvalue weighted by Crippen LogP contribution is 2.50. The zero-order valence-electron chi connectivity index (χ0n) is 20.8. The van der Waals surface area contributed by atoms with E-state index in [1.165, 1.54) is 26.8 Å². The van der Waals surface area contributed by atoms with Crippen molar-refractivity contribution in [1.82, 2.24) is 10.3 Å². The number of hydrogen-bond donors (Lipinski definition) is 1. The van der Waals surface area contributed by atoms with Gasteiger partial charge in [-0.25, -0.2) is 0 Å². The third-order valence-corrected chi connectivity index (χ3v) is 6.49. The normalized spacial score (nSPS) is 15.2. The van der Waals surface area contributed by atoms with Crippen molar-refractivity contribution in [3.8, 4) is 11.4 Å². The third-order valence-electron chi connectivity index (χ3n) is 6.49. The third kappa shape index (κ3) is 5.83. The molecule has 0 unspecified atom stereocenters. The predicted molar refractivity (Wildman–Crippen MR) is 128 cm³/mol. The fourth-order valence-electron chi connectivity index (χ4n) is 4.19. The second kappa shape index (κ2) is 10.5. The number of benzene rings is 1. The summed E-state index contributed by atoms with van der Waals surface area (Å²) in [5.41, 5.74) is 0.992. The summed E-state index contributed by atoms with van der Waals surface area (Å²) in [6.45, 7) is 5.24. The van der Waals surface area contributed by atoms with E-state index in [9.17, 15) is 18.7 Å². The van der Waals surface area contributed by atoms with Crippen LogP contribution in [0.5, 0.6) is 0 Å². The van der Waals surface area contributed by atoms with E-state index in [0.29, 0.717) is 37.5 Å². The van der Waals surface area contributed by atoms with Gasteiger partial charge in [0.1, 0.15) is 17.1 Å². The molecular formula is C27H32F2N2O5. The van der Waals surface area contributed by atoms with E-state index in [4.69, 9.17) is 13.8 Å². The average molecular weight is 503 g/mol. The summed E-state index contributed by atoms with van der Waals surface area (Å²) >= 11 is 0. The van der Waals surface area contributed by atoms with Gasteiger partial charge in [0, 0.05) is 29.6 Å². The Morgan fingerprint density at radius 1 is 1.17 bits per heavy atom. The number of nitrogens with zero attached hydrogens (tertiary/aromatic N) is 2. The summed E-state index contributed by atoms with van der Waals surface area (Å²) in [6.07, 6.45) is 2.83. The number of ether oxygens (including phenoxy) is 1. The second-order valence-corrected chi connectivity index (χ2v) is 10.5. The average Bonchev–Trinajstić information content (AvgIpc) is 3.36. The molecule has 194 valence electrons. The van der Waals surface area contributed by atoms with E-state index < -0.39 is 29.0 Å². The first kappa shape index (κ1) is 26.0. The Bertz CT molecular complexity index is 1160. The quantitative estimate of drug-likeness (QED) is 0.269. The van der Waals surface area contributed by atoms with Gasteiger partial charge >= 0.3 is 11.9 Å². The molecule has 1 aliphatic rings. The molecule has 7 nitrogen and oxygen atoms in total. The number of carboxylic acids is 1. The minimum atomic E-state index is -3.23. The lowest BCUT2D eigenvalue weighted by Gasteiger charge is -2.27. The molecular weight excluding hydrogens is 470 g/mol. The highest BCUT2D eigenvalue weighted by atomic mass is 19.3. The molecule has 0 radical (unpaired) electrons. The predicted octanol–water partition coefficient (Wildman–Crippen LogP) is 6.90. The standard InChI is InChI=1S/C27H32F2N2O5/c1-26(2,3)27(28,29)21-15-20(30-35-21)24-23(18-11-12-18)25(36-31-24)19(14-22(32)33)10-7-13-34-16-17-8-5-4-6-9-17/h4-6,8-9,15,18-19H,7,10-14,16H2,1-3H3,(H,32,33)/t19-/m0/s1. The summed E-state index contributed by atoms with van der Waals surface area (Å²) in [4.78, 5) is 11.6. The van der Waals surface area contributed by atoms with E-state index in [1.54, 1.807) is 0 Å². The van der Waals surface area contributed by atoms with Gasteiger partial charge in [0.2, 0.25) is 5.76 Å². The van der Waals surface area contributed by atoms with Crippen molar-refractivity contribution in [1.29, 1.82) is 0 Å². The van der Waals surface area contributed by atoms with Gasteiger partial charge in [-0.2, -0.15) is 8.78 Å². The maximum Gasteiger partial charge on any atom is 0.312 e. The molecule has 0 bridgehead atoms. The molecule has 1 atom stereocenters. The van der Waals surface area contributed by atoms with Gasteiger partial charge in [-0.05, 0) is 37.2 Å². The fraction of sp³-hybridized carbons (Fsp3) is 0.519. The van der Waals surface area contributed by atoms with Crippen LogP contribution in [0.4, 0.5) is 8.78 Å². The largest absolute Gasteiger partial charge is 0.481 e. The van der Waals surface area contributed by atoms with Crippen molar-refractivity contribution in [3.63, 3.8) is 0 Å². The number of carboxylic acid groups (broad SMARTS) is 1. The molecule has 3 aromatic rings. The van der Waals surface area contributed by atoms with Gasteiger partial charge in [0.25, 0.3) is 0 Å². The molecule has 0 saturated heterocycles. The first-order valence-electron chi connectivity index (χ1n) is 12.3. The van der Waals surface area contributed by atoms with Crippen LogP contribution in [-0.2, 0) is 22.1 Å². The van der Waals surface area contributed by atoms with Crippen LogP contribution < -0.4 is 0 Å².